The van der Waals surface area contributed by atoms with Crippen LogP contribution >= 0.6 is 0 Å². The molecule has 4 nitrogen and oxygen atoms in total. The van der Waals surface area contributed by atoms with E-state index in [4.69, 9.17) is 4.74 Å². The van der Waals surface area contributed by atoms with Crippen molar-refractivity contribution in [2.45, 2.75) is 119 Å². The monoisotopic (exact) mass is 484 g/mol. The molecular formula is C31H48O4. The quantitative estimate of drug-likeness (QED) is 0.377. The Morgan fingerprint density at radius 3 is 2.31 bits per heavy atom. The van der Waals surface area contributed by atoms with Crippen molar-refractivity contribution < 1.29 is 19.1 Å². The van der Waals surface area contributed by atoms with Crippen LogP contribution in [0.4, 0.5) is 0 Å². The van der Waals surface area contributed by atoms with Gasteiger partial charge in [-0.1, -0.05) is 67.7 Å². The van der Waals surface area contributed by atoms with Crippen molar-refractivity contribution in [3.8, 4) is 0 Å². The molecule has 2 saturated carbocycles. The average molecular weight is 485 g/mol. The van der Waals surface area contributed by atoms with Crippen LogP contribution in [-0.2, 0) is 19.1 Å². The normalized spacial score (nSPS) is 42.0. The van der Waals surface area contributed by atoms with Gasteiger partial charge in [0.05, 0.1) is 0 Å². The number of carbonyl (C=O) groups is 3. The molecule has 4 rings (SSSR count). The molecule has 0 spiro atoms. The molecule has 0 heterocycles. The summed E-state index contributed by atoms with van der Waals surface area (Å²) < 4.78 is 5.64. The Morgan fingerprint density at radius 1 is 1.00 bits per heavy atom. The summed E-state index contributed by atoms with van der Waals surface area (Å²) in [6, 6.07) is 0. The van der Waals surface area contributed by atoms with E-state index in [9.17, 15) is 14.4 Å². The second-order valence-electron chi connectivity index (χ2n) is 13.7. The number of hydrogen-bond donors (Lipinski definition) is 0. The molecule has 0 amide bonds. The number of esters is 1. The van der Waals surface area contributed by atoms with E-state index in [2.05, 4.69) is 48.5 Å². The van der Waals surface area contributed by atoms with Gasteiger partial charge >= 0.3 is 5.97 Å². The lowest BCUT2D eigenvalue weighted by atomic mass is 9.44. The fourth-order valence-electron chi connectivity index (χ4n) is 9.18. The van der Waals surface area contributed by atoms with Crippen LogP contribution in [0.5, 0.6) is 0 Å². The zero-order chi connectivity index (χ0) is 25.9. The van der Waals surface area contributed by atoms with Gasteiger partial charge in [0.15, 0.2) is 11.6 Å². The Bertz CT molecular complexity index is 930. The van der Waals surface area contributed by atoms with E-state index in [1.807, 2.05) is 0 Å². The smallest absolute Gasteiger partial charge is 0.302 e. The summed E-state index contributed by atoms with van der Waals surface area (Å²) in [5, 5.41) is 0. The lowest BCUT2D eigenvalue weighted by Crippen LogP contribution is -2.56. The highest BCUT2D eigenvalue weighted by Crippen LogP contribution is 2.70. The van der Waals surface area contributed by atoms with Gasteiger partial charge in [-0.2, -0.15) is 0 Å². The average Bonchev–Trinajstić information content (AvgIpc) is 3.02. The Kier molecular flexibility index (Phi) is 6.95. The first-order chi connectivity index (χ1) is 16.3. The number of hydrogen-bond acceptors (Lipinski definition) is 4. The highest BCUT2D eigenvalue weighted by Gasteiger charge is 2.66. The molecule has 4 aliphatic carbocycles. The van der Waals surface area contributed by atoms with E-state index in [0.29, 0.717) is 24.7 Å². The summed E-state index contributed by atoms with van der Waals surface area (Å²) in [6.07, 6.45) is 8.26. The van der Waals surface area contributed by atoms with Gasteiger partial charge in [-0.05, 0) is 60.7 Å². The molecule has 35 heavy (non-hydrogen) atoms. The van der Waals surface area contributed by atoms with Gasteiger partial charge in [0, 0.05) is 41.7 Å². The molecule has 0 aromatic carbocycles. The summed E-state index contributed by atoms with van der Waals surface area (Å²) in [6.45, 7) is 17.4. The third-order valence-electron chi connectivity index (χ3n) is 11.3. The second kappa shape index (κ2) is 9.14. The summed E-state index contributed by atoms with van der Waals surface area (Å²) >= 11 is 0. The van der Waals surface area contributed by atoms with Crippen LogP contribution < -0.4 is 0 Å². The van der Waals surface area contributed by atoms with Gasteiger partial charge in [-0.3, -0.25) is 14.4 Å². The third kappa shape index (κ3) is 4.06. The number of fused-ring (bicyclic) bond motifs is 4. The van der Waals surface area contributed by atoms with Crippen LogP contribution in [0.2, 0.25) is 0 Å². The molecule has 4 heteroatoms. The predicted molar refractivity (Wildman–Crippen MR) is 139 cm³/mol. The molecule has 0 aromatic heterocycles. The Morgan fingerprint density at radius 2 is 1.69 bits per heavy atom. The third-order valence-corrected chi connectivity index (χ3v) is 11.3. The number of Topliss-reactive ketones (excluding diaryl/α,β-unsaturated/α-hetero) is 2. The fraction of sp³-hybridized carbons (Fsp3) is 0.839. The summed E-state index contributed by atoms with van der Waals surface area (Å²) in [5.41, 5.74) is 1.07. The standard InChI is InChI=1S/C31H48O4/c1-18(2)10-9-11-19(3)22-12-15-30(7)28-24(33)16-23-20(4)26(35-21(5)32)13-14-29(23,6)27(28)25(34)17-31(22,30)8/h18-20,22-23,26H,9-17H2,1-8H3/t19-,20+,22-,23+,26+,29+,30+,31-/m1/s1. The van der Waals surface area contributed by atoms with Crippen molar-refractivity contribution >= 4 is 17.5 Å². The molecule has 0 radical (unpaired) electrons. The molecule has 0 unspecified atom stereocenters. The maximum absolute atomic E-state index is 14.1. The van der Waals surface area contributed by atoms with Crippen molar-refractivity contribution in [2.24, 2.45) is 45.8 Å². The van der Waals surface area contributed by atoms with Crippen molar-refractivity contribution in [3.05, 3.63) is 11.1 Å². The molecule has 2 fully saturated rings. The lowest BCUT2D eigenvalue weighted by molar-refractivity contribution is -0.157. The summed E-state index contributed by atoms with van der Waals surface area (Å²) in [7, 11) is 0. The molecule has 0 aromatic rings. The van der Waals surface area contributed by atoms with Gasteiger partial charge in [-0.15, -0.1) is 0 Å². The topological polar surface area (TPSA) is 60.4 Å². The Labute approximate surface area is 213 Å². The molecular weight excluding hydrogens is 436 g/mol. The zero-order valence-corrected chi connectivity index (χ0v) is 23.5. The fourth-order valence-corrected chi connectivity index (χ4v) is 9.18. The molecule has 8 atom stereocenters. The first-order valence-electron chi connectivity index (χ1n) is 14.2. The van der Waals surface area contributed by atoms with Crippen LogP contribution in [0, 0.1) is 45.8 Å². The highest BCUT2D eigenvalue weighted by molar-refractivity contribution is 6.11. The van der Waals surface area contributed by atoms with Crippen LogP contribution in [0.25, 0.3) is 0 Å². The van der Waals surface area contributed by atoms with Gasteiger partial charge in [-0.25, -0.2) is 0 Å². The van der Waals surface area contributed by atoms with Gasteiger partial charge in [0.2, 0.25) is 0 Å². The lowest BCUT2D eigenvalue weighted by Gasteiger charge is -2.58. The maximum atomic E-state index is 14.1. The minimum Gasteiger partial charge on any atom is -0.462 e. The first kappa shape index (κ1) is 26.6. The highest BCUT2D eigenvalue weighted by atomic mass is 16.5. The number of carbonyl (C=O) groups excluding carboxylic acids is 3. The van der Waals surface area contributed by atoms with E-state index in [-0.39, 0.29) is 51.7 Å². The van der Waals surface area contributed by atoms with E-state index in [1.54, 1.807) is 0 Å². The predicted octanol–water partition coefficient (Wildman–Crippen LogP) is 7.10. The van der Waals surface area contributed by atoms with Gasteiger partial charge in [0.1, 0.15) is 6.10 Å². The van der Waals surface area contributed by atoms with E-state index < -0.39 is 0 Å². The zero-order valence-electron chi connectivity index (χ0n) is 23.5. The van der Waals surface area contributed by atoms with E-state index in [0.717, 1.165) is 42.7 Å². The first-order valence-corrected chi connectivity index (χ1v) is 14.2. The van der Waals surface area contributed by atoms with Gasteiger partial charge < -0.3 is 4.74 Å². The number of rotatable bonds is 6. The minimum atomic E-state index is -0.304. The van der Waals surface area contributed by atoms with Crippen LogP contribution in [0.15, 0.2) is 11.1 Å². The largest absolute Gasteiger partial charge is 0.462 e. The molecule has 0 saturated heterocycles. The molecule has 196 valence electrons. The second-order valence-corrected chi connectivity index (χ2v) is 13.7. The van der Waals surface area contributed by atoms with Crippen molar-refractivity contribution in [3.63, 3.8) is 0 Å². The number of ketones is 2. The SMILES string of the molecule is CC(=O)O[C@H]1CC[C@]2(C)C3=C(C(=O)C[C@H]2[C@@H]1C)[C@]1(C)CC[C@H]([C@H](C)CCCC(C)C)[C@@]1(C)CC3=O. The number of allylic oxidation sites excluding steroid dienone is 2. The minimum absolute atomic E-state index is 0.0518. The molecule has 4 aliphatic rings. The van der Waals surface area contributed by atoms with Crippen molar-refractivity contribution in [1.29, 1.82) is 0 Å². The maximum Gasteiger partial charge on any atom is 0.302 e. The Hall–Kier alpha value is -1.45. The van der Waals surface area contributed by atoms with Crippen LogP contribution in [0.1, 0.15) is 113 Å². The van der Waals surface area contributed by atoms with Gasteiger partial charge in [0.25, 0.3) is 0 Å². The Balaban J connectivity index is 1.69. The van der Waals surface area contributed by atoms with E-state index >= 15 is 0 Å². The van der Waals surface area contributed by atoms with Crippen LogP contribution in [0.3, 0.4) is 0 Å². The summed E-state index contributed by atoms with van der Waals surface area (Å²) in [4.78, 5) is 39.7. The number of ether oxygens (including phenoxy) is 1. The van der Waals surface area contributed by atoms with Crippen molar-refractivity contribution in [2.75, 3.05) is 0 Å². The van der Waals surface area contributed by atoms with Crippen LogP contribution in [-0.4, -0.2) is 23.6 Å². The van der Waals surface area contributed by atoms with Crippen molar-refractivity contribution in [1.82, 2.24) is 0 Å². The summed E-state index contributed by atoms with van der Waals surface area (Å²) in [5.74, 6) is 2.04. The molecule has 0 aliphatic heterocycles. The van der Waals surface area contributed by atoms with E-state index in [1.165, 1.54) is 26.2 Å². The molecule has 0 bridgehead atoms. The molecule has 0 N–H and O–H groups in total.